The van der Waals surface area contributed by atoms with Gasteiger partial charge in [0.1, 0.15) is 0 Å². The third kappa shape index (κ3) is 2.87. The third-order valence-corrected chi connectivity index (χ3v) is 4.84. The molecule has 1 spiro atoms. The zero-order valence-electron chi connectivity index (χ0n) is 10.4. The van der Waals surface area contributed by atoms with E-state index in [1.807, 2.05) is 11.8 Å². The molecule has 1 aromatic heterocycles. The average Bonchev–Trinajstić information content (AvgIpc) is 2.91. The second kappa shape index (κ2) is 5.59. The van der Waals surface area contributed by atoms with Crippen LogP contribution in [-0.4, -0.2) is 39.9 Å². The molecule has 1 N–H and O–H groups in total. The number of hydrogen-bond donors (Lipinski definition) is 1. The minimum atomic E-state index is 0.137. The summed E-state index contributed by atoms with van der Waals surface area (Å²) in [7, 11) is 0. The molecule has 0 aliphatic carbocycles. The normalized spacial score (nSPS) is 27.4. The molecule has 0 saturated carbocycles. The van der Waals surface area contributed by atoms with Crippen LogP contribution in [-0.2, 0) is 11.3 Å². The van der Waals surface area contributed by atoms with Gasteiger partial charge in [0.25, 0.3) is 0 Å². The maximum Gasteiger partial charge on any atom is 0.213 e. The largest absolute Gasteiger partial charge is 0.375 e. The second-order valence-electron chi connectivity index (χ2n) is 5.06. The predicted molar refractivity (Wildman–Crippen MR) is 69.4 cm³/mol. The molecule has 0 amide bonds. The van der Waals surface area contributed by atoms with Crippen molar-refractivity contribution in [2.75, 3.05) is 18.1 Å². The number of ether oxygens (including phenoxy) is 1. The molecular formula is C12H19N3O2S. The van der Waals surface area contributed by atoms with Crippen LogP contribution in [0.5, 0.6) is 0 Å². The van der Waals surface area contributed by atoms with Crippen LogP contribution in [0.25, 0.3) is 0 Å². The Bertz CT molecular complexity index is 360. The summed E-state index contributed by atoms with van der Waals surface area (Å²) in [5, 5.41) is 7.35. The third-order valence-electron chi connectivity index (χ3n) is 3.85. The Balaban J connectivity index is 1.53. The first-order chi connectivity index (χ1) is 8.86. The number of aromatic nitrogens is 2. The van der Waals surface area contributed by atoms with Crippen LogP contribution in [0.15, 0.2) is 10.9 Å². The van der Waals surface area contributed by atoms with Gasteiger partial charge in [-0.25, -0.2) is 0 Å². The van der Waals surface area contributed by atoms with Gasteiger partial charge in [0.05, 0.1) is 12.1 Å². The first-order valence-corrected chi connectivity index (χ1v) is 7.72. The highest BCUT2D eigenvalue weighted by atomic mass is 32.2. The van der Waals surface area contributed by atoms with Crippen molar-refractivity contribution in [2.45, 2.75) is 43.9 Å². The van der Waals surface area contributed by atoms with Crippen LogP contribution in [0.2, 0.25) is 0 Å². The lowest BCUT2D eigenvalue weighted by atomic mass is 9.85. The summed E-state index contributed by atoms with van der Waals surface area (Å²) >= 11 is 2.04. The first kappa shape index (κ1) is 12.4. The van der Waals surface area contributed by atoms with Gasteiger partial charge in [-0.2, -0.15) is 16.7 Å². The molecule has 0 bridgehead atoms. The highest BCUT2D eigenvalue weighted by molar-refractivity contribution is 7.99. The zero-order valence-corrected chi connectivity index (χ0v) is 11.2. The highest BCUT2D eigenvalue weighted by Gasteiger charge is 2.38. The highest BCUT2D eigenvalue weighted by Crippen LogP contribution is 2.37. The van der Waals surface area contributed by atoms with Crippen LogP contribution < -0.4 is 5.32 Å². The SMILES string of the molecule is c1nc(CNC2CCOC3(CCSCC3)C2)no1. The minimum absolute atomic E-state index is 0.137. The molecule has 6 heteroatoms. The monoisotopic (exact) mass is 269 g/mol. The summed E-state index contributed by atoms with van der Waals surface area (Å²) in [6, 6.07) is 0.514. The topological polar surface area (TPSA) is 60.2 Å². The smallest absolute Gasteiger partial charge is 0.213 e. The molecule has 2 aliphatic heterocycles. The quantitative estimate of drug-likeness (QED) is 0.899. The van der Waals surface area contributed by atoms with E-state index in [2.05, 4.69) is 15.5 Å². The van der Waals surface area contributed by atoms with Crippen molar-refractivity contribution in [2.24, 2.45) is 0 Å². The fourth-order valence-corrected chi connectivity index (χ4v) is 4.04. The Morgan fingerprint density at radius 3 is 3.11 bits per heavy atom. The number of nitrogens with zero attached hydrogens (tertiary/aromatic N) is 2. The van der Waals surface area contributed by atoms with E-state index in [4.69, 9.17) is 9.26 Å². The number of rotatable bonds is 3. The van der Waals surface area contributed by atoms with E-state index in [0.717, 1.165) is 25.3 Å². The molecule has 2 saturated heterocycles. The van der Waals surface area contributed by atoms with Crippen molar-refractivity contribution in [1.29, 1.82) is 0 Å². The summed E-state index contributed by atoms with van der Waals surface area (Å²) in [6.07, 6.45) is 5.95. The maximum atomic E-state index is 6.07. The van der Waals surface area contributed by atoms with Crippen LogP contribution in [0, 0.1) is 0 Å². The fourth-order valence-electron chi connectivity index (χ4n) is 2.80. The van der Waals surface area contributed by atoms with E-state index in [1.54, 1.807) is 0 Å². The van der Waals surface area contributed by atoms with Gasteiger partial charge in [-0.15, -0.1) is 0 Å². The maximum absolute atomic E-state index is 6.07. The van der Waals surface area contributed by atoms with E-state index >= 15 is 0 Å². The number of nitrogens with one attached hydrogen (secondary N) is 1. The van der Waals surface area contributed by atoms with Gasteiger partial charge in [-0.3, -0.25) is 0 Å². The van der Waals surface area contributed by atoms with E-state index in [-0.39, 0.29) is 5.60 Å². The molecule has 0 aromatic carbocycles. The molecule has 3 rings (SSSR count). The molecule has 18 heavy (non-hydrogen) atoms. The van der Waals surface area contributed by atoms with Crippen LogP contribution in [0.3, 0.4) is 0 Å². The van der Waals surface area contributed by atoms with Crippen molar-refractivity contribution < 1.29 is 9.26 Å². The van der Waals surface area contributed by atoms with Crippen molar-refractivity contribution >= 4 is 11.8 Å². The van der Waals surface area contributed by atoms with Gasteiger partial charge in [0.15, 0.2) is 5.82 Å². The van der Waals surface area contributed by atoms with Gasteiger partial charge in [-0.05, 0) is 37.2 Å². The molecule has 100 valence electrons. The van der Waals surface area contributed by atoms with Gasteiger partial charge in [0, 0.05) is 12.6 Å². The lowest BCUT2D eigenvalue weighted by Crippen LogP contribution is -2.48. The van der Waals surface area contributed by atoms with E-state index in [1.165, 1.54) is 30.7 Å². The predicted octanol–water partition coefficient (Wildman–Crippen LogP) is 1.60. The Morgan fingerprint density at radius 2 is 2.33 bits per heavy atom. The van der Waals surface area contributed by atoms with Crippen LogP contribution in [0.1, 0.15) is 31.5 Å². The van der Waals surface area contributed by atoms with Crippen LogP contribution >= 0.6 is 11.8 Å². The van der Waals surface area contributed by atoms with Crippen LogP contribution in [0.4, 0.5) is 0 Å². The molecule has 1 aromatic rings. The molecule has 1 atom stereocenters. The summed E-state index contributed by atoms with van der Waals surface area (Å²) in [5.41, 5.74) is 0.137. The summed E-state index contributed by atoms with van der Waals surface area (Å²) in [4.78, 5) is 4.03. The molecule has 2 fully saturated rings. The van der Waals surface area contributed by atoms with Gasteiger partial charge >= 0.3 is 0 Å². The van der Waals surface area contributed by atoms with Gasteiger partial charge in [0.2, 0.25) is 6.39 Å². The Morgan fingerprint density at radius 1 is 1.44 bits per heavy atom. The molecule has 3 heterocycles. The molecule has 2 aliphatic rings. The molecule has 0 radical (unpaired) electrons. The second-order valence-corrected chi connectivity index (χ2v) is 6.29. The van der Waals surface area contributed by atoms with Crippen molar-refractivity contribution in [3.63, 3.8) is 0 Å². The molecule has 1 unspecified atom stereocenters. The number of thioether (sulfide) groups is 1. The van der Waals surface area contributed by atoms with E-state index in [9.17, 15) is 0 Å². The van der Waals surface area contributed by atoms with Crippen molar-refractivity contribution in [3.05, 3.63) is 12.2 Å². The Labute approximate surface area is 111 Å². The zero-order chi connectivity index (χ0) is 12.3. The molecular weight excluding hydrogens is 250 g/mol. The minimum Gasteiger partial charge on any atom is -0.375 e. The first-order valence-electron chi connectivity index (χ1n) is 6.57. The lowest BCUT2D eigenvalue weighted by molar-refractivity contribution is -0.0933. The Kier molecular flexibility index (Phi) is 3.86. The van der Waals surface area contributed by atoms with Gasteiger partial charge < -0.3 is 14.6 Å². The summed E-state index contributed by atoms with van der Waals surface area (Å²) in [5.74, 6) is 3.20. The van der Waals surface area contributed by atoms with Crippen molar-refractivity contribution in [3.8, 4) is 0 Å². The summed E-state index contributed by atoms with van der Waals surface area (Å²) in [6.45, 7) is 1.56. The lowest BCUT2D eigenvalue weighted by Gasteiger charge is -2.43. The average molecular weight is 269 g/mol. The van der Waals surface area contributed by atoms with Crippen molar-refractivity contribution in [1.82, 2.24) is 15.5 Å². The van der Waals surface area contributed by atoms with Gasteiger partial charge in [-0.1, -0.05) is 5.16 Å². The molecule has 5 nitrogen and oxygen atoms in total. The summed E-state index contributed by atoms with van der Waals surface area (Å²) < 4.78 is 10.8. The van der Waals surface area contributed by atoms with E-state index in [0.29, 0.717) is 12.6 Å². The standard InChI is InChI=1S/C12H19N3O2S/c1-4-16-12(2-5-18-6-3-12)7-10(1)13-8-11-14-9-17-15-11/h9-10,13H,1-8H2. The number of hydrogen-bond acceptors (Lipinski definition) is 6. The fraction of sp³-hybridized carbons (Fsp3) is 0.833. The Hall–Kier alpha value is -0.590. The van der Waals surface area contributed by atoms with E-state index < -0.39 is 0 Å².